The molecule has 1 saturated carbocycles. The van der Waals surface area contributed by atoms with Crippen LogP contribution in [0.4, 0.5) is 0 Å². The number of fused-ring (bicyclic) bond motifs is 5. The fourth-order valence-corrected chi connectivity index (χ4v) is 4.36. The summed E-state index contributed by atoms with van der Waals surface area (Å²) in [4.78, 5) is 11.7. The summed E-state index contributed by atoms with van der Waals surface area (Å²) in [6, 6.07) is 14.6. The Balaban J connectivity index is 1.56. The van der Waals surface area contributed by atoms with Crippen LogP contribution in [0.25, 0.3) is 11.6 Å². The maximum absolute atomic E-state index is 11.7. The summed E-state index contributed by atoms with van der Waals surface area (Å²) >= 11 is 0. The van der Waals surface area contributed by atoms with Gasteiger partial charge in [-0.25, -0.2) is 4.79 Å². The molecule has 1 fully saturated rings. The van der Waals surface area contributed by atoms with Crippen molar-refractivity contribution in [3.63, 3.8) is 0 Å². The predicted molar refractivity (Wildman–Crippen MR) is 102 cm³/mol. The van der Waals surface area contributed by atoms with Crippen LogP contribution in [0.1, 0.15) is 77.6 Å². The third kappa shape index (κ3) is 3.02. The summed E-state index contributed by atoms with van der Waals surface area (Å²) in [5.41, 5.74) is 7.44. The van der Waals surface area contributed by atoms with Gasteiger partial charge in [0.15, 0.2) is 0 Å². The molecule has 0 aromatic heterocycles. The molecule has 2 aromatic rings. The fourth-order valence-electron chi connectivity index (χ4n) is 4.36. The Morgan fingerprint density at radius 2 is 1.72 bits per heavy atom. The number of esters is 1. The largest absolute Gasteiger partial charge is 0.462 e. The molecule has 2 heteroatoms. The minimum atomic E-state index is -0.261. The van der Waals surface area contributed by atoms with E-state index in [9.17, 15) is 4.79 Å². The van der Waals surface area contributed by atoms with Crippen molar-refractivity contribution in [1.82, 2.24) is 0 Å². The summed E-state index contributed by atoms with van der Waals surface area (Å²) in [6.45, 7) is 4.38. The number of carbonyl (C=O) groups is 1. The molecule has 0 spiro atoms. The van der Waals surface area contributed by atoms with Crippen molar-refractivity contribution in [3.05, 3.63) is 70.3 Å². The molecule has 2 nitrogen and oxygen atoms in total. The highest BCUT2D eigenvalue weighted by Crippen LogP contribution is 2.53. The Hall–Kier alpha value is -2.35. The number of ether oxygens (including phenoxy) is 1. The lowest BCUT2D eigenvalue weighted by Gasteiger charge is -2.16. The van der Waals surface area contributed by atoms with E-state index in [1.165, 1.54) is 30.4 Å². The molecular weight excluding hydrogens is 308 g/mol. The summed E-state index contributed by atoms with van der Waals surface area (Å²) in [7, 11) is 0. The van der Waals surface area contributed by atoms with E-state index in [2.05, 4.69) is 31.2 Å². The predicted octanol–water partition coefficient (Wildman–Crippen LogP) is 5.79. The van der Waals surface area contributed by atoms with Crippen molar-refractivity contribution in [2.45, 2.75) is 44.9 Å². The van der Waals surface area contributed by atoms with Gasteiger partial charge in [0.25, 0.3) is 0 Å². The zero-order chi connectivity index (χ0) is 17.4. The molecule has 2 aromatic carbocycles. The van der Waals surface area contributed by atoms with Crippen LogP contribution < -0.4 is 0 Å². The molecule has 2 bridgehead atoms. The van der Waals surface area contributed by atoms with E-state index in [4.69, 9.17) is 4.74 Å². The van der Waals surface area contributed by atoms with Crippen molar-refractivity contribution in [2.75, 3.05) is 6.61 Å². The molecule has 4 rings (SSSR count). The molecule has 0 heterocycles. The van der Waals surface area contributed by atoms with Gasteiger partial charge in [-0.1, -0.05) is 36.4 Å². The molecule has 0 saturated heterocycles. The molecule has 0 radical (unpaired) electrons. The van der Waals surface area contributed by atoms with Crippen molar-refractivity contribution in [1.29, 1.82) is 0 Å². The number of carbonyl (C=O) groups excluding carboxylic acids is 1. The summed E-state index contributed by atoms with van der Waals surface area (Å²) in [5, 5.41) is 0. The summed E-state index contributed by atoms with van der Waals surface area (Å²) in [5.74, 6) is 1.34. The molecule has 128 valence electrons. The smallest absolute Gasteiger partial charge is 0.338 e. The summed E-state index contributed by atoms with van der Waals surface area (Å²) < 4.78 is 5.03. The molecule has 2 aliphatic carbocycles. The lowest BCUT2D eigenvalue weighted by Crippen LogP contribution is -2.04. The van der Waals surface area contributed by atoms with E-state index < -0.39 is 0 Å². The van der Waals surface area contributed by atoms with Crippen LogP contribution in [-0.4, -0.2) is 12.6 Å². The van der Waals surface area contributed by atoms with Crippen molar-refractivity contribution in [3.8, 4) is 0 Å². The Kier molecular flexibility index (Phi) is 4.20. The maximum atomic E-state index is 11.7. The van der Waals surface area contributed by atoms with Crippen LogP contribution in [0.3, 0.4) is 0 Å². The molecule has 0 N–H and O–H groups in total. The third-order valence-corrected chi connectivity index (χ3v) is 5.66. The lowest BCUT2D eigenvalue weighted by molar-refractivity contribution is 0.0526. The SMILES string of the molecule is CCOC(=O)c1ccc(C=C(C)c2ccc3c(c2)[C@@H]2CC[C@H]3C2)cc1. The lowest BCUT2D eigenvalue weighted by atomic mass is 9.89. The van der Waals surface area contributed by atoms with E-state index in [-0.39, 0.29) is 5.97 Å². The minimum absolute atomic E-state index is 0.261. The van der Waals surface area contributed by atoms with E-state index in [0.717, 1.165) is 17.4 Å². The van der Waals surface area contributed by atoms with Gasteiger partial charge >= 0.3 is 5.97 Å². The van der Waals surface area contributed by atoms with Crippen LogP contribution in [-0.2, 0) is 4.74 Å². The van der Waals surface area contributed by atoms with Crippen molar-refractivity contribution >= 4 is 17.6 Å². The van der Waals surface area contributed by atoms with Crippen LogP contribution in [0.15, 0.2) is 42.5 Å². The Morgan fingerprint density at radius 1 is 1.04 bits per heavy atom. The molecule has 2 atom stereocenters. The molecule has 25 heavy (non-hydrogen) atoms. The van der Waals surface area contributed by atoms with Crippen LogP contribution >= 0.6 is 0 Å². The number of allylic oxidation sites excluding steroid dienone is 1. The van der Waals surface area contributed by atoms with E-state index in [0.29, 0.717) is 12.2 Å². The monoisotopic (exact) mass is 332 g/mol. The molecule has 0 unspecified atom stereocenters. The number of benzene rings is 2. The summed E-state index contributed by atoms with van der Waals surface area (Å²) in [6.07, 6.45) is 6.28. The minimum Gasteiger partial charge on any atom is -0.462 e. The standard InChI is InChI=1S/C23H24O2/c1-3-25-23(24)17-6-4-16(5-7-17)12-15(2)18-10-11-21-19-8-9-20(13-19)22(21)14-18/h4-7,10-12,14,19-20H,3,8-9,13H2,1-2H3/t19-,20+/m0/s1. The van der Waals surface area contributed by atoms with Crippen molar-refractivity contribution in [2.24, 2.45) is 0 Å². The Morgan fingerprint density at radius 3 is 2.44 bits per heavy atom. The highest BCUT2D eigenvalue weighted by molar-refractivity contribution is 5.90. The molecular formula is C23H24O2. The van der Waals surface area contributed by atoms with Crippen molar-refractivity contribution < 1.29 is 9.53 Å². The second-order valence-corrected chi connectivity index (χ2v) is 7.22. The fraction of sp³-hybridized carbons (Fsp3) is 0.348. The van der Waals surface area contributed by atoms with Gasteiger partial charge in [-0.2, -0.15) is 0 Å². The third-order valence-electron chi connectivity index (χ3n) is 5.66. The molecule has 2 aliphatic rings. The number of hydrogen-bond donors (Lipinski definition) is 0. The van der Waals surface area contributed by atoms with Crippen LogP contribution in [0.2, 0.25) is 0 Å². The first-order valence-corrected chi connectivity index (χ1v) is 9.25. The normalized spacial score (nSPS) is 21.3. The van der Waals surface area contributed by atoms with Gasteiger partial charge in [-0.05, 0) is 84.9 Å². The van der Waals surface area contributed by atoms with E-state index >= 15 is 0 Å². The van der Waals surface area contributed by atoms with Gasteiger partial charge in [0.05, 0.1) is 12.2 Å². The number of rotatable bonds is 4. The first-order valence-electron chi connectivity index (χ1n) is 9.25. The second-order valence-electron chi connectivity index (χ2n) is 7.22. The quantitative estimate of drug-likeness (QED) is 0.523. The van der Waals surface area contributed by atoms with E-state index in [1.54, 1.807) is 11.1 Å². The first kappa shape index (κ1) is 16.1. The van der Waals surface area contributed by atoms with Gasteiger partial charge in [-0.15, -0.1) is 0 Å². The topological polar surface area (TPSA) is 26.3 Å². The highest BCUT2D eigenvalue weighted by atomic mass is 16.5. The van der Waals surface area contributed by atoms with Gasteiger partial charge < -0.3 is 4.74 Å². The maximum Gasteiger partial charge on any atom is 0.338 e. The highest BCUT2D eigenvalue weighted by Gasteiger charge is 2.36. The van der Waals surface area contributed by atoms with Gasteiger partial charge in [0, 0.05) is 0 Å². The second kappa shape index (κ2) is 6.51. The van der Waals surface area contributed by atoms with Gasteiger partial charge in [0.1, 0.15) is 0 Å². The van der Waals surface area contributed by atoms with Gasteiger partial charge in [0.2, 0.25) is 0 Å². The molecule has 0 aliphatic heterocycles. The Labute approximate surface area is 149 Å². The zero-order valence-electron chi connectivity index (χ0n) is 14.9. The average molecular weight is 332 g/mol. The molecule has 0 amide bonds. The van der Waals surface area contributed by atoms with Crippen LogP contribution in [0.5, 0.6) is 0 Å². The average Bonchev–Trinajstić information content (AvgIpc) is 3.24. The Bertz CT molecular complexity index is 830. The van der Waals surface area contributed by atoms with E-state index in [1.807, 2.05) is 31.2 Å². The number of hydrogen-bond acceptors (Lipinski definition) is 2. The first-order chi connectivity index (χ1) is 12.2. The van der Waals surface area contributed by atoms with Gasteiger partial charge in [-0.3, -0.25) is 0 Å². The zero-order valence-corrected chi connectivity index (χ0v) is 14.9. The van der Waals surface area contributed by atoms with Crippen LogP contribution in [0, 0.1) is 0 Å².